The minimum Gasteiger partial charge on any atom is -0.375 e. The first-order valence-corrected chi connectivity index (χ1v) is 11.0. The molecule has 1 aromatic heterocycles. The lowest BCUT2D eigenvalue weighted by Crippen LogP contribution is -2.43. The molecule has 30 heavy (non-hydrogen) atoms. The highest BCUT2D eigenvalue weighted by Gasteiger charge is 2.27. The van der Waals surface area contributed by atoms with E-state index in [2.05, 4.69) is 21.7 Å². The van der Waals surface area contributed by atoms with E-state index in [4.69, 9.17) is 9.72 Å². The predicted octanol–water partition coefficient (Wildman–Crippen LogP) is 3.37. The molecule has 1 N–H and O–H groups in total. The maximum atomic E-state index is 13.4. The summed E-state index contributed by atoms with van der Waals surface area (Å²) in [5.41, 5.74) is 0.966. The van der Waals surface area contributed by atoms with Gasteiger partial charge >= 0.3 is 0 Å². The average molecular weight is 415 g/mol. The van der Waals surface area contributed by atoms with Crippen molar-refractivity contribution >= 4 is 11.8 Å². The van der Waals surface area contributed by atoms with Gasteiger partial charge in [-0.1, -0.05) is 19.1 Å². The second kappa shape index (κ2) is 9.16. The molecule has 0 aliphatic carbocycles. The van der Waals surface area contributed by atoms with Crippen LogP contribution in [0.15, 0.2) is 35.1 Å². The van der Waals surface area contributed by atoms with Crippen LogP contribution in [0.5, 0.6) is 0 Å². The summed E-state index contributed by atoms with van der Waals surface area (Å²) in [6.07, 6.45) is 4.14. The molecular formula is C23H31FN4O2. The van der Waals surface area contributed by atoms with Gasteiger partial charge in [0.15, 0.2) is 0 Å². The number of halogens is 1. The van der Waals surface area contributed by atoms with E-state index in [1.807, 2.05) is 19.1 Å². The molecule has 2 aromatic rings. The molecule has 3 atom stereocenters. The maximum absolute atomic E-state index is 13.4. The fourth-order valence-corrected chi connectivity index (χ4v) is 4.62. The Hall–Kier alpha value is -2.41. The summed E-state index contributed by atoms with van der Waals surface area (Å²) in [4.78, 5) is 24.7. The topological polar surface area (TPSA) is 61.5 Å². The first kappa shape index (κ1) is 20.8. The monoisotopic (exact) mass is 414 g/mol. The zero-order chi connectivity index (χ0) is 21.1. The average Bonchev–Trinajstić information content (AvgIpc) is 2.90. The summed E-state index contributed by atoms with van der Waals surface area (Å²) in [6, 6.07) is 8.52. The number of morpholine rings is 1. The minimum absolute atomic E-state index is 0.119. The standard InChI is InChI=1S/C23H31FN4O2/c1-16-4-3-9-28(20(12-16)13-18-5-7-19(24)8-6-18)23-25-21(14-22(29)26-23)27-10-11-30-17(2)15-27/h5-8,14,16-17,20H,3-4,9-13,15H2,1-2H3,(H,25,26,29)/t16-,17?,20+/m0/s1. The van der Waals surface area contributed by atoms with Gasteiger partial charge in [0.2, 0.25) is 5.95 Å². The molecule has 0 radical (unpaired) electrons. The maximum Gasteiger partial charge on any atom is 0.254 e. The number of nitrogens with one attached hydrogen (secondary N) is 1. The van der Waals surface area contributed by atoms with E-state index < -0.39 is 0 Å². The van der Waals surface area contributed by atoms with Crippen molar-refractivity contribution in [3.05, 3.63) is 52.1 Å². The molecule has 6 nitrogen and oxygen atoms in total. The Morgan fingerprint density at radius 3 is 2.80 bits per heavy atom. The molecule has 162 valence electrons. The molecule has 2 aliphatic rings. The van der Waals surface area contributed by atoms with Gasteiger partial charge in [0.25, 0.3) is 5.56 Å². The van der Waals surface area contributed by atoms with Gasteiger partial charge in [-0.05, 0) is 56.2 Å². The highest BCUT2D eigenvalue weighted by Crippen LogP contribution is 2.28. The molecule has 1 unspecified atom stereocenters. The molecule has 7 heteroatoms. The van der Waals surface area contributed by atoms with E-state index in [9.17, 15) is 9.18 Å². The SMILES string of the molecule is CC1CN(c2cc(=O)[nH]c(N3CCC[C@H](C)C[C@@H]3Cc3ccc(F)cc3)n2)CCO1. The van der Waals surface area contributed by atoms with E-state index in [1.165, 1.54) is 12.1 Å². The quantitative estimate of drug-likeness (QED) is 0.831. The van der Waals surface area contributed by atoms with Crippen LogP contribution in [-0.4, -0.2) is 48.4 Å². The van der Waals surface area contributed by atoms with Crippen LogP contribution in [0.3, 0.4) is 0 Å². The summed E-state index contributed by atoms with van der Waals surface area (Å²) in [5, 5.41) is 0. The number of hydrogen-bond acceptors (Lipinski definition) is 5. The summed E-state index contributed by atoms with van der Waals surface area (Å²) >= 11 is 0. The summed E-state index contributed by atoms with van der Waals surface area (Å²) in [7, 11) is 0. The molecule has 1 aromatic carbocycles. The van der Waals surface area contributed by atoms with Crippen molar-refractivity contribution in [1.29, 1.82) is 0 Å². The second-order valence-electron chi connectivity index (χ2n) is 8.72. The largest absolute Gasteiger partial charge is 0.375 e. The van der Waals surface area contributed by atoms with Gasteiger partial charge in [0, 0.05) is 31.7 Å². The van der Waals surface area contributed by atoms with Gasteiger partial charge in [-0.3, -0.25) is 9.78 Å². The van der Waals surface area contributed by atoms with Crippen LogP contribution in [0.4, 0.5) is 16.2 Å². The normalized spacial score (nSPS) is 25.2. The van der Waals surface area contributed by atoms with Crippen molar-refractivity contribution in [2.45, 2.75) is 51.7 Å². The van der Waals surface area contributed by atoms with Crippen molar-refractivity contribution in [2.24, 2.45) is 5.92 Å². The Morgan fingerprint density at radius 2 is 2.03 bits per heavy atom. The van der Waals surface area contributed by atoms with Crippen LogP contribution >= 0.6 is 0 Å². The first-order chi connectivity index (χ1) is 14.5. The Morgan fingerprint density at radius 1 is 1.23 bits per heavy atom. The van der Waals surface area contributed by atoms with Crippen molar-refractivity contribution < 1.29 is 9.13 Å². The van der Waals surface area contributed by atoms with Gasteiger partial charge in [-0.15, -0.1) is 0 Å². The van der Waals surface area contributed by atoms with Crippen LogP contribution in [0.25, 0.3) is 0 Å². The van der Waals surface area contributed by atoms with Gasteiger partial charge in [-0.2, -0.15) is 4.98 Å². The summed E-state index contributed by atoms with van der Waals surface area (Å²) in [6.45, 7) is 7.27. The molecule has 2 fully saturated rings. The van der Waals surface area contributed by atoms with Crippen LogP contribution < -0.4 is 15.4 Å². The van der Waals surface area contributed by atoms with Crippen LogP contribution in [-0.2, 0) is 11.2 Å². The third-order valence-corrected chi connectivity index (χ3v) is 6.15. The molecule has 2 saturated heterocycles. The van der Waals surface area contributed by atoms with E-state index in [-0.39, 0.29) is 23.5 Å². The van der Waals surface area contributed by atoms with Gasteiger partial charge in [0.05, 0.1) is 12.7 Å². The number of rotatable bonds is 4. The summed E-state index contributed by atoms with van der Waals surface area (Å²) in [5.74, 6) is 1.72. The highest BCUT2D eigenvalue weighted by atomic mass is 19.1. The molecule has 0 bridgehead atoms. The Balaban J connectivity index is 1.63. The fraction of sp³-hybridized carbons (Fsp3) is 0.565. The molecule has 0 saturated carbocycles. The van der Waals surface area contributed by atoms with Crippen LogP contribution in [0, 0.1) is 11.7 Å². The molecule has 2 aliphatic heterocycles. The first-order valence-electron chi connectivity index (χ1n) is 11.0. The fourth-order valence-electron chi connectivity index (χ4n) is 4.62. The smallest absolute Gasteiger partial charge is 0.254 e. The van der Waals surface area contributed by atoms with E-state index in [0.29, 0.717) is 24.3 Å². The Labute approximate surface area is 177 Å². The predicted molar refractivity (Wildman–Crippen MR) is 117 cm³/mol. The second-order valence-corrected chi connectivity index (χ2v) is 8.72. The van der Waals surface area contributed by atoms with Crippen LogP contribution in [0.2, 0.25) is 0 Å². The third-order valence-electron chi connectivity index (χ3n) is 6.15. The van der Waals surface area contributed by atoms with Crippen molar-refractivity contribution in [3.63, 3.8) is 0 Å². The van der Waals surface area contributed by atoms with E-state index >= 15 is 0 Å². The van der Waals surface area contributed by atoms with E-state index in [0.717, 1.165) is 50.9 Å². The lowest BCUT2D eigenvalue weighted by Gasteiger charge is -2.34. The van der Waals surface area contributed by atoms with Gasteiger partial charge in [-0.25, -0.2) is 4.39 Å². The zero-order valence-corrected chi connectivity index (χ0v) is 17.8. The van der Waals surface area contributed by atoms with Gasteiger partial charge < -0.3 is 14.5 Å². The molecular weight excluding hydrogens is 383 g/mol. The third kappa shape index (κ3) is 5.01. The number of aromatic nitrogens is 2. The molecule has 3 heterocycles. The number of hydrogen-bond donors (Lipinski definition) is 1. The molecule has 4 rings (SSSR count). The summed E-state index contributed by atoms with van der Waals surface area (Å²) < 4.78 is 19.0. The van der Waals surface area contributed by atoms with E-state index in [1.54, 1.807) is 6.07 Å². The van der Waals surface area contributed by atoms with Gasteiger partial charge in [0.1, 0.15) is 11.6 Å². The van der Waals surface area contributed by atoms with Crippen LogP contribution in [0.1, 0.15) is 38.7 Å². The Bertz CT molecular complexity index is 901. The molecule has 0 amide bonds. The molecule has 0 spiro atoms. The number of benzene rings is 1. The number of aromatic amines is 1. The van der Waals surface area contributed by atoms with Crippen molar-refractivity contribution in [2.75, 3.05) is 36.0 Å². The lowest BCUT2D eigenvalue weighted by atomic mass is 9.94. The van der Waals surface area contributed by atoms with Crippen molar-refractivity contribution in [3.8, 4) is 0 Å². The number of ether oxygens (including phenoxy) is 1. The zero-order valence-electron chi connectivity index (χ0n) is 17.8. The van der Waals surface area contributed by atoms with Crippen molar-refractivity contribution in [1.82, 2.24) is 9.97 Å². The number of anilines is 2. The Kier molecular flexibility index (Phi) is 6.37. The lowest BCUT2D eigenvalue weighted by molar-refractivity contribution is 0.0529. The minimum atomic E-state index is -0.219. The highest BCUT2D eigenvalue weighted by molar-refractivity contribution is 5.45. The number of H-pyrrole nitrogens is 1. The number of nitrogens with zero attached hydrogens (tertiary/aromatic N) is 3.